The van der Waals surface area contributed by atoms with Gasteiger partial charge in [-0.15, -0.1) is 0 Å². The third-order valence-corrected chi connectivity index (χ3v) is 2.23. The molecule has 0 unspecified atom stereocenters. The van der Waals surface area contributed by atoms with Crippen LogP contribution in [0.2, 0.25) is 0 Å². The van der Waals surface area contributed by atoms with Crippen molar-refractivity contribution in [3.05, 3.63) is 23.3 Å². The molecule has 0 amide bonds. The molecule has 0 N–H and O–H groups in total. The van der Waals surface area contributed by atoms with E-state index in [0.29, 0.717) is 5.75 Å². The van der Waals surface area contributed by atoms with E-state index in [4.69, 9.17) is 9.47 Å². The van der Waals surface area contributed by atoms with Crippen LogP contribution >= 0.6 is 0 Å². The van der Waals surface area contributed by atoms with E-state index in [1.807, 2.05) is 39.8 Å². The van der Waals surface area contributed by atoms with Crippen molar-refractivity contribution in [2.24, 2.45) is 0 Å². The van der Waals surface area contributed by atoms with E-state index < -0.39 is 5.97 Å². The van der Waals surface area contributed by atoms with Crippen LogP contribution in [0.15, 0.2) is 12.1 Å². The van der Waals surface area contributed by atoms with Crippen LogP contribution in [0, 0.1) is 13.8 Å². The highest BCUT2D eigenvalue weighted by atomic mass is 16.6. The van der Waals surface area contributed by atoms with Crippen LogP contribution in [-0.4, -0.2) is 26.8 Å². The van der Waals surface area contributed by atoms with Crippen molar-refractivity contribution >= 4 is 5.97 Å². The summed E-state index contributed by atoms with van der Waals surface area (Å²) in [5, 5.41) is 0. The Kier molecular flexibility index (Phi) is 7.59. The summed E-state index contributed by atoms with van der Waals surface area (Å²) in [7, 11) is 2.95. The van der Waals surface area contributed by atoms with Gasteiger partial charge in [-0.05, 0) is 37.1 Å². The molecule has 1 aromatic rings. The molecule has 0 bridgehead atoms. The number of hydrogen-bond acceptors (Lipinski definition) is 4. The summed E-state index contributed by atoms with van der Waals surface area (Å²) in [4.78, 5) is 11.0. The Morgan fingerprint density at radius 1 is 1.11 bits per heavy atom. The summed E-state index contributed by atoms with van der Waals surface area (Å²) >= 11 is 0. The van der Waals surface area contributed by atoms with Crippen molar-refractivity contribution in [1.29, 1.82) is 0 Å². The Hall–Kier alpha value is -1.71. The average molecular weight is 254 g/mol. The SMILES string of the molecule is CC.COC(=O)COc1c(C)cc(OC)cc1C. The molecular weight excluding hydrogens is 232 g/mol. The first-order valence-corrected chi connectivity index (χ1v) is 5.93. The lowest BCUT2D eigenvalue weighted by Crippen LogP contribution is -2.13. The number of benzene rings is 1. The van der Waals surface area contributed by atoms with Gasteiger partial charge < -0.3 is 14.2 Å². The van der Waals surface area contributed by atoms with Gasteiger partial charge in [0, 0.05) is 0 Å². The van der Waals surface area contributed by atoms with Crippen LogP contribution in [0.25, 0.3) is 0 Å². The van der Waals surface area contributed by atoms with E-state index in [-0.39, 0.29) is 6.61 Å². The number of rotatable bonds is 4. The molecule has 0 aliphatic heterocycles. The fourth-order valence-corrected chi connectivity index (χ4v) is 1.45. The van der Waals surface area contributed by atoms with E-state index in [0.717, 1.165) is 16.9 Å². The van der Waals surface area contributed by atoms with Crippen molar-refractivity contribution in [2.75, 3.05) is 20.8 Å². The number of hydrogen-bond donors (Lipinski definition) is 0. The Balaban J connectivity index is 0.00000137. The number of carbonyl (C=O) groups is 1. The highest BCUT2D eigenvalue weighted by molar-refractivity contribution is 5.71. The largest absolute Gasteiger partial charge is 0.497 e. The molecule has 18 heavy (non-hydrogen) atoms. The number of methoxy groups -OCH3 is 2. The summed E-state index contributed by atoms with van der Waals surface area (Å²) in [5.41, 5.74) is 1.86. The van der Waals surface area contributed by atoms with Crippen molar-refractivity contribution in [2.45, 2.75) is 27.7 Å². The fraction of sp³-hybridized carbons (Fsp3) is 0.500. The molecule has 0 saturated carbocycles. The van der Waals surface area contributed by atoms with Gasteiger partial charge >= 0.3 is 5.97 Å². The van der Waals surface area contributed by atoms with E-state index in [2.05, 4.69) is 4.74 Å². The third-order valence-electron chi connectivity index (χ3n) is 2.23. The van der Waals surface area contributed by atoms with Gasteiger partial charge in [0.25, 0.3) is 0 Å². The number of carbonyl (C=O) groups excluding carboxylic acids is 1. The monoisotopic (exact) mass is 254 g/mol. The predicted octanol–water partition coefficient (Wildman–Crippen LogP) is 2.89. The quantitative estimate of drug-likeness (QED) is 0.775. The molecule has 4 heteroatoms. The Labute approximate surface area is 109 Å². The van der Waals surface area contributed by atoms with Crippen molar-refractivity contribution in [1.82, 2.24) is 0 Å². The lowest BCUT2D eigenvalue weighted by atomic mass is 10.1. The molecule has 0 aliphatic carbocycles. The second kappa shape index (κ2) is 8.39. The van der Waals surface area contributed by atoms with Gasteiger partial charge in [-0.25, -0.2) is 4.79 Å². The highest BCUT2D eigenvalue weighted by Crippen LogP contribution is 2.28. The van der Waals surface area contributed by atoms with Gasteiger partial charge in [0.05, 0.1) is 14.2 Å². The van der Waals surface area contributed by atoms with Gasteiger partial charge in [0.2, 0.25) is 0 Å². The molecule has 0 aliphatic rings. The van der Waals surface area contributed by atoms with Crippen LogP contribution in [0.1, 0.15) is 25.0 Å². The van der Waals surface area contributed by atoms with Crippen molar-refractivity contribution in [3.8, 4) is 11.5 Å². The molecule has 4 nitrogen and oxygen atoms in total. The summed E-state index contributed by atoms with van der Waals surface area (Å²) in [5.74, 6) is 1.08. The van der Waals surface area contributed by atoms with Gasteiger partial charge in [-0.1, -0.05) is 13.8 Å². The standard InChI is InChI=1S/C12H16O4.C2H6/c1-8-5-10(14-3)6-9(2)12(8)16-7-11(13)15-4;1-2/h5-6H,7H2,1-4H3;1-2H3. The van der Waals surface area contributed by atoms with Crippen molar-refractivity contribution in [3.63, 3.8) is 0 Å². The smallest absolute Gasteiger partial charge is 0.343 e. The first-order valence-electron chi connectivity index (χ1n) is 5.93. The van der Waals surface area contributed by atoms with E-state index in [1.54, 1.807) is 7.11 Å². The molecule has 0 radical (unpaired) electrons. The summed E-state index contributed by atoms with van der Waals surface area (Å²) in [6, 6.07) is 3.72. The first kappa shape index (κ1) is 16.3. The first-order chi connectivity index (χ1) is 8.58. The lowest BCUT2D eigenvalue weighted by Gasteiger charge is -2.12. The maximum Gasteiger partial charge on any atom is 0.343 e. The van der Waals surface area contributed by atoms with Crippen molar-refractivity contribution < 1.29 is 19.0 Å². The second-order valence-corrected chi connectivity index (χ2v) is 3.46. The van der Waals surface area contributed by atoms with Crippen LogP contribution in [0.3, 0.4) is 0 Å². The van der Waals surface area contributed by atoms with Gasteiger partial charge in [-0.2, -0.15) is 0 Å². The fourth-order valence-electron chi connectivity index (χ4n) is 1.45. The molecule has 0 saturated heterocycles. The van der Waals surface area contributed by atoms with Gasteiger partial charge in [-0.3, -0.25) is 0 Å². The molecule has 0 spiro atoms. The molecule has 1 aromatic carbocycles. The molecule has 1 rings (SSSR count). The maximum absolute atomic E-state index is 11.0. The Morgan fingerprint density at radius 3 is 2.00 bits per heavy atom. The highest BCUT2D eigenvalue weighted by Gasteiger charge is 2.09. The van der Waals surface area contributed by atoms with E-state index in [9.17, 15) is 4.79 Å². The van der Waals surface area contributed by atoms with Crippen LogP contribution in [0.4, 0.5) is 0 Å². The van der Waals surface area contributed by atoms with E-state index in [1.165, 1.54) is 7.11 Å². The minimum atomic E-state index is -0.394. The predicted molar refractivity (Wildman–Crippen MR) is 71.3 cm³/mol. The van der Waals surface area contributed by atoms with Gasteiger partial charge in [0.15, 0.2) is 6.61 Å². The zero-order valence-electron chi connectivity index (χ0n) is 12.0. The zero-order chi connectivity index (χ0) is 14.1. The minimum Gasteiger partial charge on any atom is -0.497 e. The molecule has 0 heterocycles. The second-order valence-electron chi connectivity index (χ2n) is 3.46. The maximum atomic E-state index is 11.0. The molecule has 0 aromatic heterocycles. The third kappa shape index (κ3) is 4.65. The van der Waals surface area contributed by atoms with Gasteiger partial charge in [0.1, 0.15) is 11.5 Å². The lowest BCUT2D eigenvalue weighted by molar-refractivity contribution is -0.142. The van der Waals surface area contributed by atoms with Crippen LogP contribution in [-0.2, 0) is 9.53 Å². The normalized spacial score (nSPS) is 9.00. The minimum absolute atomic E-state index is 0.0789. The topological polar surface area (TPSA) is 44.8 Å². The summed E-state index contributed by atoms with van der Waals surface area (Å²) in [6.07, 6.45) is 0. The number of esters is 1. The Bertz CT molecular complexity index is 362. The number of aryl methyl sites for hydroxylation is 2. The van der Waals surface area contributed by atoms with Crippen LogP contribution < -0.4 is 9.47 Å². The number of ether oxygens (including phenoxy) is 3. The summed E-state index contributed by atoms with van der Waals surface area (Å²) < 4.78 is 15.0. The van der Waals surface area contributed by atoms with E-state index >= 15 is 0 Å². The van der Waals surface area contributed by atoms with Crippen LogP contribution in [0.5, 0.6) is 11.5 Å². The molecule has 102 valence electrons. The summed E-state index contributed by atoms with van der Waals surface area (Å²) in [6.45, 7) is 7.73. The zero-order valence-corrected chi connectivity index (χ0v) is 12.0. The Morgan fingerprint density at radius 2 is 1.61 bits per heavy atom. The molecule has 0 atom stereocenters. The average Bonchev–Trinajstić information content (AvgIpc) is 2.39. The molecular formula is C14H22O4. The molecule has 0 fully saturated rings.